The van der Waals surface area contributed by atoms with Gasteiger partial charge in [0.1, 0.15) is 0 Å². The summed E-state index contributed by atoms with van der Waals surface area (Å²) in [5.41, 5.74) is 5.73. The molecular weight excluding hydrogens is 406 g/mol. The number of Topliss-reactive ketones (excluding diaryl/α,β-unsaturated/α-hetero) is 1. The minimum Gasteiger partial charge on any atom is -0.372 e. The lowest BCUT2D eigenvalue weighted by molar-refractivity contribution is 0.0993. The van der Waals surface area contributed by atoms with Crippen molar-refractivity contribution in [3.8, 4) is 0 Å². The van der Waals surface area contributed by atoms with Crippen molar-refractivity contribution >= 4 is 17.2 Å². The minimum absolute atomic E-state index is 0.188. The molecule has 0 aliphatic carbocycles. The van der Waals surface area contributed by atoms with Gasteiger partial charge in [-0.2, -0.15) is 0 Å². The zero-order valence-electron chi connectivity index (χ0n) is 19.3. The predicted octanol–water partition coefficient (Wildman–Crippen LogP) is 5.03. The molecule has 0 N–H and O–H groups in total. The number of hydrogen-bond donors (Lipinski definition) is 0. The molecule has 3 aromatic carbocycles. The van der Waals surface area contributed by atoms with Gasteiger partial charge in [0.2, 0.25) is 0 Å². The molecule has 4 nitrogen and oxygen atoms in total. The van der Waals surface area contributed by atoms with Gasteiger partial charge in [-0.05, 0) is 60.4 Å². The molecule has 2 fully saturated rings. The summed E-state index contributed by atoms with van der Waals surface area (Å²) >= 11 is 0. The molecule has 0 saturated carbocycles. The van der Waals surface area contributed by atoms with Crippen molar-refractivity contribution in [2.45, 2.75) is 25.8 Å². The van der Waals surface area contributed by atoms with Crippen LogP contribution in [0.3, 0.4) is 0 Å². The zero-order valence-corrected chi connectivity index (χ0v) is 19.3. The van der Waals surface area contributed by atoms with E-state index in [1.54, 1.807) is 0 Å². The van der Waals surface area contributed by atoms with Crippen molar-refractivity contribution < 1.29 is 4.79 Å². The second-order valence-electron chi connectivity index (χ2n) is 9.26. The van der Waals surface area contributed by atoms with E-state index in [2.05, 4.69) is 81.4 Å². The van der Waals surface area contributed by atoms with Crippen LogP contribution >= 0.6 is 0 Å². The van der Waals surface area contributed by atoms with Crippen LogP contribution in [0.5, 0.6) is 0 Å². The summed E-state index contributed by atoms with van der Waals surface area (Å²) in [5.74, 6) is 0.188. The Morgan fingerprint density at radius 3 is 2.03 bits per heavy atom. The van der Waals surface area contributed by atoms with Crippen LogP contribution in [0.25, 0.3) is 0 Å². The fourth-order valence-electron chi connectivity index (χ4n) is 4.99. The highest BCUT2D eigenvalue weighted by atomic mass is 16.1. The van der Waals surface area contributed by atoms with Gasteiger partial charge in [0.25, 0.3) is 0 Å². The Hall–Kier alpha value is -3.11. The van der Waals surface area contributed by atoms with Gasteiger partial charge >= 0.3 is 0 Å². The molecule has 4 heteroatoms. The van der Waals surface area contributed by atoms with Gasteiger partial charge in [-0.25, -0.2) is 0 Å². The van der Waals surface area contributed by atoms with Crippen LogP contribution in [0.4, 0.5) is 11.4 Å². The molecule has 0 spiro atoms. The first-order chi connectivity index (χ1) is 16.2. The average Bonchev–Trinajstić information content (AvgIpc) is 3.41. The summed E-state index contributed by atoms with van der Waals surface area (Å²) in [4.78, 5) is 20.3. The van der Waals surface area contributed by atoms with Crippen LogP contribution < -0.4 is 9.80 Å². The van der Waals surface area contributed by atoms with Crippen LogP contribution in [0.1, 0.15) is 34.3 Å². The Kier molecular flexibility index (Phi) is 6.73. The highest BCUT2D eigenvalue weighted by molar-refractivity contribution is 5.97. The Labute approximate surface area is 197 Å². The lowest BCUT2D eigenvalue weighted by Gasteiger charge is -2.36. The van der Waals surface area contributed by atoms with E-state index in [-0.39, 0.29) is 5.78 Å². The van der Waals surface area contributed by atoms with E-state index in [0.717, 1.165) is 56.9 Å². The molecule has 2 heterocycles. The lowest BCUT2D eigenvalue weighted by Crippen LogP contribution is -2.45. The van der Waals surface area contributed by atoms with Crippen LogP contribution in [0.2, 0.25) is 0 Å². The fraction of sp³-hybridized carbons (Fsp3) is 0.345. The molecule has 0 amide bonds. The number of rotatable bonds is 7. The van der Waals surface area contributed by atoms with E-state index in [4.69, 9.17) is 0 Å². The highest BCUT2D eigenvalue weighted by Gasteiger charge is 2.18. The van der Waals surface area contributed by atoms with Gasteiger partial charge in [0.15, 0.2) is 5.78 Å². The van der Waals surface area contributed by atoms with Crippen LogP contribution in [-0.2, 0) is 13.0 Å². The SMILES string of the molecule is O=C(Cc1cccc(N2CCCC2)c1)c1ccc(N2CCN(Cc3ccccc3)CC2)cc1. The molecule has 2 aliphatic heterocycles. The number of ketones is 1. The quantitative estimate of drug-likeness (QED) is 0.482. The lowest BCUT2D eigenvalue weighted by atomic mass is 10.0. The summed E-state index contributed by atoms with van der Waals surface area (Å²) in [5, 5.41) is 0. The largest absolute Gasteiger partial charge is 0.372 e. The standard InChI is InChI=1S/C29H33N3O/c33-29(22-25-9-6-10-28(21-25)31-15-4-5-16-31)26-11-13-27(14-12-26)32-19-17-30(18-20-32)23-24-7-2-1-3-8-24/h1-3,6-14,21H,4-5,15-20,22-23H2. The van der Waals surface area contributed by atoms with Crippen molar-refractivity contribution in [3.05, 3.63) is 95.6 Å². The number of benzene rings is 3. The number of piperazine rings is 1. The molecule has 0 atom stereocenters. The van der Waals surface area contributed by atoms with Crippen LogP contribution in [0, 0.1) is 0 Å². The van der Waals surface area contributed by atoms with Crippen LogP contribution in [-0.4, -0.2) is 50.0 Å². The van der Waals surface area contributed by atoms with Gasteiger partial charge in [-0.1, -0.05) is 42.5 Å². The summed E-state index contributed by atoms with van der Waals surface area (Å²) < 4.78 is 0. The third-order valence-corrected chi connectivity index (χ3v) is 6.92. The molecule has 3 aromatic rings. The number of hydrogen-bond acceptors (Lipinski definition) is 4. The van der Waals surface area contributed by atoms with Gasteiger partial charge < -0.3 is 9.80 Å². The van der Waals surface area contributed by atoms with Crippen molar-refractivity contribution in [2.24, 2.45) is 0 Å². The van der Waals surface area contributed by atoms with Gasteiger partial charge in [-0.15, -0.1) is 0 Å². The van der Waals surface area contributed by atoms with Gasteiger partial charge in [-0.3, -0.25) is 9.69 Å². The van der Waals surface area contributed by atoms with Crippen LogP contribution in [0.15, 0.2) is 78.9 Å². The Morgan fingerprint density at radius 2 is 1.30 bits per heavy atom. The number of carbonyl (C=O) groups is 1. The molecule has 0 bridgehead atoms. The molecule has 0 unspecified atom stereocenters. The molecule has 0 radical (unpaired) electrons. The van der Waals surface area contributed by atoms with E-state index < -0.39 is 0 Å². The Balaban J connectivity index is 1.15. The molecule has 2 saturated heterocycles. The smallest absolute Gasteiger partial charge is 0.167 e. The van der Waals surface area contributed by atoms with E-state index in [0.29, 0.717) is 6.42 Å². The topological polar surface area (TPSA) is 26.8 Å². The summed E-state index contributed by atoms with van der Waals surface area (Å²) in [6.07, 6.45) is 2.98. The monoisotopic (exact) mass is 439 g/mol. The first-order valence-corrected chi connectivity index (χ1v) is 12.2. The van der Waals surface area contributed by atoms with Gasteiger partial charge in [0.05, 0.1) is 0 Å². The summed E-state index contributed by atoms with van der Waals surface area (Å²) in [6, 6.07) is 27.4. The Morgan fingerprint density at radius 1 is 0.636 bits per heavy atom. The van der Waals surface area contributed by atoms with E-state index >= 15 is 0 Å². The number of carbonyl (C=O) groups excluding carboxylic acids is 1. The number of anilines is 2. The maximum Gasteiger partial charge on any atom is 0.167 e. The van der Waals surface area contributed by atoms with E-state index in [1.165, 1.54) is 29.8 Å². The van der Waals surface area contributed by atoms with E-state index in [9.17, 15) is 4.79 Å². The number of nitrogens with zero attached hydrogens (tertiary/aromatic N) is 3. The average molecular weight is 440 g/mol. The predicted molar refractivity (Wildman–Crippen MR) is 136 cm³/mol. The minimum atomic E-state index is 0.188. The van der Waals surface area contributed by atoms with E-state index in [1.807, 2.05) is 12.1 Å². The van der Waals surface area contributed by atoms with Crippen molar-refractivity contribution in [1.82, 2.24) is 4.90 Å². The normalized spacial score (nSPS) is 16.8. The maximum absolute atomic E-state index is 12.9. The molecule has 0 aromatic heterocycles. The maximum atomic E-state index is 12.9. The highest BCUT2D eigenvalue weighted by Crippen LogP contribution is 2.23. The zero-order chi connectivity index (χ0) is 22.5. The molecule has 2 aliphatic rings. The summed E-state index contributed by atoms with van der Waals surface area (Å²) in [7, 11) is 0. The first-order valence-electron chi connectivity index (χ1n) is 12.2. The summed E-state index contributed by atoms with van der Waals surface area (Å²) in [6.45, 7) is 7.42. The molecule has 170 valence electrons. The second-order valence-corrected chi connectivity index (χ2v) is 9.26. The van der Waals surface area contributed by atoms with Crippen molar-refractivity contribution in [3.63, 3.8) is 0 Å². The first kappa shape index (κ1) is 21.7. The molecule has 5 rings (SSSR count). The Bertz CT molecular complexity index is 1050. The third-order valence-electron chi connectivity index (χ3n) is 6.92. The second kappa shape index (κ2) is 10.2. The van der Waals surface area contributed by atoms with Crippen molar-refractivity contribution in [1.29, 1.82) is 0 Å². The van der Waals surface area contributed by atoms with Crippen molar-refractivity contribution in [2.75, 3.05) is 49.1 Å². The fourth-order valence-corrected chi connectivity index (χ4v) is 4.99. The third kappa shape index (κ3) is 5.45. The van der Waals surface area contributed by atoms with Gasteiger partial charge in [0, 0.05) is 69.2 Å². The molecule has 33 heavy (non-hydrogen) atoms. The molecular formula is C29H33N3O.